The molecule has 0 aromatic carbocycles. The van der Waals surface area contributed by atoms with Crippen LogP contribution in [0.4, 0.5) is 4.79 Å². The predicted molar refractivity (Wildman–Crippen MR) is 70.6 cm³/mol. The molecule has 2 atom stereocenters. The fourth-order valence-corrected chi connectivity index (χ4v) is 2.77. The Labute approximate surface area is 118 Å². The summed E-state index contributed by atoms with van der Waals surface area (Å²) in [4.78, 5) is 19.3. The van der Waals surface area contributed by atoms with Crippen LogP contribution in [-0.2, 0) is 9.57 Å². The van der Waals surface area contributed by atoms with E-state index in [0.29, 0.717) is 13.2 Å². The van der Waals surface area contributed by atoms with Crippen LogP contribution in [0, 0.1) is 0 Å². The van der Waals surface area contributed by atoms with Gasteiger partial charge in [0.2, 0.25) is 0 Å². The van der Waals surface area contributed by atoms with Crippen LogP contribution in [0.15, 0.2) is 22.8 Å². The smallest absolute Gasteiger partial charge is 0.342 e. The summed E-state index contributed by atoms with van der Waals surface area (Å²) in [5.41, 5.74) is 2.51. The lowest BCUT2D eigenvalue weighted by Crippen LogP contribution is -2.42. The summed E-state index contributed by atoms with van der Waals surface area (Å²) in [6, 6.07) is 3.52. The van der Waals surface area contributed by atoms with Crippen LogP contribution in [0.25, 0.3) is 0 Å². The molecule has 20 heavy (non-hydrogen) atoms. The summed E-state index contributed by atoms with van der Waals surface area (Å²) in [6.07, 6.45) is 6.15. The number of hydroxylamine groups is 1. The normalized spacial score (nSPS) is 26.7. The number of amides is 2. The quantitative estimate of drug-likeness (QED) is 0.864. The van der Waals surface area contributed by atoms with Gasteiger partial charge < -0.3 is 14.1 Å². The monoisotopic (exact) mass is 280 g/mol. The zero-order chi connectivity index (χ0) is 13.8. The van der Waals surface area contributed by atoms with Gasteiger partial charge >= 0.3 is 6.03 Å². The minimum absolute atomic E-state index is 0.000809. The number of hydrogen-bond donors (Lipinski definition) is 1. The lowest BCUT2D eigenvalue weighted by molar-refractivity contribution is -0.187. The number of rotatable bonds is 3. The van der Waals surface area contributed by atoms with E-state index in [0.717, 1.165) is 37.9 Å². The number of carbonyl (C=O) groups excluding carboxylic acids is 1. The van der Waals surface area contributed by atoms with Crippen molar-refractivity contribution < 1.29 is 18.8 Å². The summed E-state index contributed by atoms with van der Waals surface area (Å²) in [5.74, 6) is 0.826. The third kappa shape index (κ3) is 2.96. The summed E-state index contributed by atoms with van der Waals surface area (Å²) in [5, 5.41) is 0. The van der Waals surface area contributed by atoms with Crippen LogP contribution in [-0.4, -0.2) is 30.4 Å². The lowest BCUT2D eigenvalue weighted by atomic mass is 10.2. The van der Waals surface area contributed by atoms with Crippen molar-refractivity contribution in [3.8, 4) is 0 Å². The maximum absolute atomic E-state index is 12.2. The second-order valence-electron chi connectivity index (χ2n) is 5.19. The SMILES string of the molecule is O=C(NOC1CCCCO1)N1CCCC1c1ccco1. The van der Waals surface area contributed by atoms with Crippen molar-refractivity contribution in [2.24, 2.45) is 0 Å². The lowest BCUT2D eigenvalue weighted by Gasteiger charge is -2.26. The van der Waals surface area contributed by atoms with Crippen LogP contribution < -0.4 is 5.48 Å². The van der Waals surface area contributed by atoms with Gasteiger partial charge in [0.15, 0.2) is 6.29 Å². The Hall–Kier alpha value is -1.53. The highest BCUT2D eigenvalue weighted by molar-refractivity contribution is 5.73. The fraction of sp³-hybridized carbons (Fsp3) is 0.643. The number of carbonyl (C=O) groups is 1. The van der Waals surface area contributed by atoms with Gasteiger partial charge in [0.05, 0.1) is 12.3 Å². The van der Waals surface area contributed by atoms with Crippen molar-refractivity contribution in [2.75, 3.05) is 13.2 Å². The Bertz CT molecular complexity index is 428. The maximum Gasteiger partial charge on any atom is 0.342 e. The first kappa shape index (κ1) is 13.5. The molecule has 2 aliphatic heterocycles. The molecule has 0 radical (unpaired) electrons. The van der Waals surface area contributed by atoms with Gasteiger partial charge in [-0.3, -0.25) is 0 Å². The van der Waals surface area contributed by atoms with Gasteiger partial charge in [0.25, 0.3) is 0 Å². The molecule has 0 saturated carbocycles. The summed E-state index contributed by atoms with van der Waals surface area (Å²) < 4.78 is 10.8. The predicted octanol–water partition coefficient (Wildman–Crippen LogP) is 2.58. The third-order valence-electron chi connectivity index (χ3n) is 3.80. The molecule has 0 aliphatic carbocycles. The van der Waals surface area contributed by atoms with Crippen molar-refractivity contribution >= 4 is 6.03 Å². The Morgan fingerprint density at radius 3 is 3.05 bits per heavy atom. The van der Waals surface area contributed by atoms with Crippen molar-refractivity contribution in [1.29, 1.82) is 0 Å². The molecule has 0 spiro atoms. The average molecular weight is 280 g/mol. The van der Waals surface area contributed by atoms with E-state index in [4.69, 9.17) is 14.0 Å². The van der Waals surface area contributed by atoms with E-state index in [-0.39, 0.29) is 18.4 Å². The molecule has 6 nitrogen and oxygen atoms in total. The Balaban J connectivity index is 1.53. The van der Waals surface area contributed by atoms with Crippen LogP contribution >= 0.6 is 0 Å². The van der Waals surface area contributed by atoms with Gasteiger partial charge in [-0.25, -0.2) is 15.1 Å². The van der Waals surface area contributed by atoms with Crippen molar-refractivity contribution in [2.45, 2.75) is 44.4 Å². The fourth-order valence-electron chi connectivity index (χ4n) is 2.77. The first-order chi connectivity index (χ1) is 9.84. The minimum atomic E-state index is -0.322. The molecule has 6 heteroatoms. The molecular weight excluding hydrogens is 260 g/mol. The van der Waals surface area contributed by atoms with Gasteiger partial charge in [0, 0.05) is 19.6 Å². The molecular formula is C14H20N2O4. The van der Waals surface area contributed by atoms with Gasteiger partial charge in [-0.2, -0.15) is 0 Å². The first-order valence-corrected chi connectivity index (χ1v) is 7.22. The van der Waals surface area contributed by atoms with Crippen LogP contribution in [0.3, 0.4) is 0 Å². The Morgan fingerprint density at radius 2 is 2.30 bits per heavy atom. The average Bonchev–Trinajstić information content (AvgIpc) is 3.15. The molecule has 2 unspecified atom stereocenters. The van der Waals surface area contributed by atoms with Crippen LogP contribution in [0.1, 0.15) is 43.9 Å². The molecule has 1 aromatic rings. The molecule has 2 amide bonds. The second-order valence-corrected chi connectivity index (χ2v) is 5.19. The topological polar surface area (TPSA) is 63.9 Å². The number of likely N-dealkylation sites (tertiary alicyclic amines) is 1. The summed E-state index contributed by atoms with van der Waals surface area (Å²) in [6.45, 7) is 1.41. The number of furan rings is 1. The highest BCUT2D eigenvalue weighted by Gasteiger charge is 2.32. The van der Waals surface area contributed by atoms with E-state index < -0.39 is 0 Å². The molecule has 2 aliphatic rings. The van der Waals surface area contributed by atoms with Crippen LogP contribution in [0.2, 0.25) is 0 Å². The molecule has 3 heterocycles. The highest BCUT2D eigenvalue weighted by atomic mass is 16.8. The molecule has 2 saturated heterocycles. The standard InChI is InChI=1S/C14H20N2O4/c17-14(15-20-13-7-1-2-9-19-13)16-8-3-5-11(16)12-6-4-10-18-12/h4,6,10-11,13H,1-3,5,7-9H2,(H,15,17). The molecule has 2 fully saturated rings. The Kier molecular flexibility index (Phi) is 4.22. The van der Waals surface area contributed by atoms with Crippen molar-refractivity contribution in [1.82, 2.24) is 10.4 Å². The van der Waals surface area contributed by atoms with Gasteiger partial charge in [-0.05, 0) is 37.8 Å². The minimum Gasteiger partial charge on any atom is -0.467 e. The molecule has 3 rings (SSSR count). The molecule has 110 valence electrons. The van der Waals surface area contributed by atoms with Gasteiger partial charge in [-0.1, -0.05) is 0 Å². The second kappa shape index (κ2) is 6.28. The van der Waals surface area contributed by atoms with E-state index in [1.165, 1.54) is 0 Å². The van der Waals surface area contributed by atoms with E-state index in [9.17, 15) is 4.79 Å². The molecule has 1 N–H and O–H groups in total. The third-order valence-corrected chi connectivity index (χ3v) is 3.80. The van der Waals surface area contributed by atoms with E-state index in [1.807, 2.05) is 12.1 Å². The number of hydrogen-bond acceptors (Lipinski definition) is 4. The van der Waals surface area contributed by atoms with Crippen LogP contribution in [0.5, 0.6) is 0 Å². The van der Waals surface area contributed by atoms with E-state index in [2.05, 4.69) is 5.48 Å². The number of ether oxygens (including phenoxy) is 1. The Morgan fingerprint density at radius 1 is 1.35 bits per heavy atom. The highest BCUT2D eigenvalue weighted by Crippen LogP contribution is 2.32. The van der Waals surface area contributed by atoms with E-state index in [1.54, 1.807) is 11.2 Å². The maximum atomic E-state index is 12.2. The largest absolute Gasteiger partial charge is 0.467 e. The van der Waals surface area contributed by atoms with Gasteiger partial charge in [0.1, 0.15) is 5.76 Å². The van der Waals surface area contributed by atoms with Crippen molar-refractivity contribution in [3.63, 3.8) is 0 Å². The molecule has 1 aromatic heterocycles. The zero-order valence-electron chi connectivity index (χ0n) is 11.4. The molecule has 0 bridgehead atoms. The van der Waals surface area contributed by atoms with Crippen molar-refractivity contribution in [3.05, 3.63) is 24.2 Å². The van der Waals surface area contributed by atoms with Gasteiger partial charge in [-0.15, -0.1) is 0 Å². The zero-order valence-corrected chi connectivity index (χ0v) is 11.4. The summed E-state index contributed by atoms with van der Waals surface area (Å²) in [7, 11) is 0. The number of urea groups is 1. The summed E-state index contributed by atoms with van der Waals surface area (Å²) >= 11 is 0. The van der Waals surface area contributed by atoms with E-state index >= 15 is 0 Å². The number of nitrogens with one attached hydrogen (secondary N) is 1. The number of nitrogens with zero attached hydrogens (tertiary/aromatic N) is 1. The first-order valence-electron chi connectivity index (χ1n) is 7.22.